The molecule has 0 aromatic heterocycles. The van der Waals surface area contributed by atoms with Crippen LogP contribution >= 0.6 is 0 Å². The van der Waals surface area contributed by atoms with Gasteiger partial charge in [0, 0.05) is 19.7 Å². The van der Waals surface area contributed by atoms with Crippen molar-refractivity contribution in [2.75, 3.05) is 26.2 Å². The fourth-order valence-electron chi connectivity index (χ4n) is 2.58. The molecule has 1 fully saturated rings. The number of hydrogen-bond donors (Lipinski definition) is 2. The maximum atomic E-state index is 12.1. The van der Waals surface area contributed by atoms with Gasteiger partial charge in [-0.2, -0.15) is 0 Å². The summed E-state index contributed by atoms with van der Waals surface area (Å²) in [5, 5.41) is 12.3. The first-order chi connectivity index (χ1) is 8.69. The van der Waals surface area contributed by atoms with Crippen LogP contribution in [0.4, 0.5) is 0 Å². The van der Waals surface area contributed by atoms with Crippen LogP contribution in [0.5, 0.6) is 0 Å². The Balaban J connectivity index is 2.29. The predicted molar refractivity (Wildman–Crippen MR) is 73.4 cm³/mol. The van der Waals surface area contributed by atoms with Crippen molar-refractivity contribution in [1.82, 2.24) is 10.2 Å². The van der Waals surface area contributed by atoms with E-state index in [1.165, 1.54) is 0 Å². The fraction of sp³-hybridized carbons (Fsp3) is 0.929. The number of aliphatic hydroxyl groups is 1. The van der Waals surface area contributed by atoms with Crippen LogP contribution in [0.15, 0.2) is 0 Å². The third kappa shape index (κ3) is 4.94. The minimum absolute atomic E-state index is 0.0962. The summed E-state index contributed by atoms with van der Waals surface area (Å²) in [4.78, 5) is 14.0. The first-order valence-electron chi connectivity index (χ1n) is 7.32. The Hall–Kier alpha value is -0.610. The Morgan fingerprint density at radius 1 is 1.33 bits per heavy atom. The van der Waals surface area contributed by atoms with E-state index in [0.29, 0.717) is 5.92 Å². The molecule has 2 unspecified atom stereocenters. The molecule has 1 amide bonds. The summed E-state index contributed by atoms with van der Waals surface area (Å²) >= 11 is 0. The summed E-state index contributed by atoms with van der Waals surface area (Å²) in [6.45, 7) is 7.00. The number of aliphatic hydroxyl groups excluding tert-OH is 1. The molecule has 18 heavy (non-hydrogen) atoms. The normalized spacial score (nSPS) is 18.9. The number of amides is 1. The Labute approximate surface area is 111 Å². The largest absolute Gasteiger partial charge is 0.396 e. The molecule has 0 aliphatic carbocycles. The molecular formula is C14H28N2O2. The van der Waals surface area contributed by atoms with E-state index < -0.39 is 0 Å². The summed E-state index contributed by atoms with van der Waals surface area (Å²) in [5.74, 6) is 0.709. The lowest BCUT2D eigenvalue weighted by molar-refractivity contribution is -0.132. The van der Waals surface area contributed by atoms with Crippen molar-refractivity contribution >= 4 is 5.91 Å². The average molecular weight is 256 g/mol. The molecule has 1 heterocycles. The molecule has 1 aliphatic rings. The molecular weight excluding hydrogens is 228 g/mol. The Kier molecular flexibility index (Phi) is 7.28. The van der Waals surface area contributed by atoms with Crippen molar-refractivity contribution in [3.63, 3.8) is 0 Å². The van der Waals surface area contributed by atoms with E-state index in [2.05, 4.69) is 12.2 Å². The second kappa shape index (κ2) is 8.48. The quantitative estimate of drug-likeness (QED) is 0.690. The molecule has 0 aromatic carbocycles. The van der Waals surface area contributed by atoms with Gasteiger partial charge in [-0.1, -0.05) is 13.3 Å². The lowest BCUT2D eigenvalue weighted by atomic mass is 10.00. The Bertz CT molecular complexity index is 234. The predicted octanol–water partition coefficient (Wildman–Crippen LogP) is 1.39. The standard InChI is InChI=1S/C14H28N2O2/c1-3-6-13(7-10-17)11-15-12(2)14(18)16-8-4-5-9-16/h12-13,15,17H,3-11H2,1-2H3. The van der Waals surface area contributed by atoms with Gasteiger partial charge < -0.3 is 15.3 Å². The van der Waals surface area contributed by atoms with Crippen molar-refractivity contribution in [1.29, 1.82) is 0 Å². The molecule has 0 saturated carbocycles. The van der Waals surface area contributed by atoms with E-state index in [1.54, 1.807) is 0 Å². The molecule has 4 nitrogen and oxygen atoms in total. The molecule has 1 saturated heterocycles. The van der Waals surface area contributed by atoms with Crippen molar-refractivity contribution in [2.24, 2.45) is 5.92 Å². The first-order valence-corrected chi connectivity index (χ1v) is 7.32. The van der Waals surface area contributed by atoms with E-state index in [-0.39, 0.29) is 18.6 Å². The molecule has 106 valence electrons. The zero-order chi connectivity index (χ0) is 13.4. The lowest BCUT2D eigenvalue weighted by Gasteiger charge is -2.23. The van der Waals surface area contributed by atoms with Crippen LogP contribution in [-0.2, 0) is 4.79 Å². The van der Waals surface area contributed by atoms with E-state index in [1.807, 2.05) is 11.8 Å². The lowest BCUT2D eigenvalue weighted by Crippen LogP contribution is -2.45. The van der Waals surface area contributed by atoms with Crippen LogP contribution in [-0.4, -0.2) is 48.2 Å². The average Bonchev–Trinajstić information content (AvgIpc) is 2.89. The SMILES string of the molecule is CCCC(CCO)CNC(C)C(=O)N1CCCC1. The van der Waals surface area contributed by atoms with Crippen LogP contribution in [0.25, 0.3) is 0 Å². The zero-order valence-electron chi connectivity index (χ0n) is 11.8. The van der Waals surface area contributed by atoms with Gasteiger partial charge in [-0.3, -0.25) is 4.79 Å². The van der Waals surface area contributed by atoms with Gasteiger partial charge >= 0.3 is 0 Å². The van der Waals surface area contributed by atoms with Crippen LogP contribution in [0.1, 0.15) is 46.0 Å². The molecule has 4 heteroatoms. The minimum atomic E-state index is -0.0962. The summed E-state index contributed by atoms with van der Waals surface area (Å²) in [7, 11) is 0. The van der Waals surface area contributed by atoms with Gasteiger partial charge in [0.05, 0.1) is 6.04 Å². The number of nitrogens with zero attached hydrogens (tertiary/aromatic N) is 1. The number of likely N-dealkylation sites (tertiary alicyclic amines) is 1. The fourth-order valence-corrected chi connectivity index (χ4v) is 2.58. The van der Waals surface area contributed by atoms with Crippen LogP contribution < -0.4 is 5.32 Å². The number of nitrogens with one attached hydrogen (secondary N) is 1. The zero-order valence-corrected chi connectivity index (χ0v) is 11.8. The maximum absolute atomic E-state index is 12.1. The van der Waals surface area contributed by atoms with Crippen molar-refractivity contribution in [3.8, 4) is 0 Å². The molecule has 1 aliphatic heterocycles. The molecule has 2 atom stereocenters. The number of carbonyl (C=O) groups excluding carboxylic acids is 1. The van der Waals surface area contributed by atoms with Crippen LogP contribution in [0.3, 0.4) is 0 Å². The third-order valence-corrected chi connectivity index (χ3v) is 3.74. The van der Waals surface area contributed by atoms with Crippen molar-refractivity contribution in [3.05, 3.63) is 0 Å². The van der Waals surface area contributed by atoms with Gasteiger partial charge in [-0.25, -0.2) is 0 Å². The van der Waals surface area contributed by atoms with Crippen LogP contribution in [0, 0.1) is 5.92 Å². The van der Waals surface area contributed by atoms with Crippen LogP contribution in [0.2, 0.25) is 0 Å². The Morgan fingerprint density at radius 2 is 2.00 bits per heavy atom. The highest BCUT2D eigenvalue weighted by Crippen LogP contribution is 2.11. The van der Waals surface area contributed by atoms with E-state index in [9.17, 15) is 4.79 Å². The highest BCUT2D eigenvalue weighted by atomic mass is 16.3. The highest BCUT2D eigenvalue weighted by Gasteiger charge is 2.23. The van der Waals surface area contributed by atoms with Gasteiger partial charge in [-0.15, -0.1) is 0 Å². The second-order valence-electron chi connectivity index (χ2n) is 5.33. The monoisotopic (exact) mass is 256 g/mol. The minimum Gasteiger partial charge on any atom is -0.396 e. The molecule has 0 bridgehead atoms. The van der Waals surface area contributed by atoms with E-state index >= 15 is 0 Å². The summed E-state index contributed by atoms with van der Waals surface area (Å²) in [5.41, 5.74) is 0. The number of carbonyl (C=O) groups is 1. The van der Waals surface area contributed by atoms with Gasteiger partial charge in [-0.05, 0) is 45.1 Å². The molecule has 0 radical (unpaired) electrons. The van der Waals surface area contributed by atoms with Gasteiger partial charge in [0.2, 0.25) is 5.91 Å². The number of hydrogen-bond acceptors (Lipinski definition) is 3. The second-order valence-corrected chi connectivity index (χ2v) is 5.33. The van der Waals surface area contributed by atoms with Gasteiger partial charge in [0.25, 0.3) is 0 Å². The van der Waals surface area contributed by atoms with E-state index in [4.69, 9.17) is 5.11 Å². The van der Waals surface area contributed by atoms with Gasteiger partial charge in [0.15, 0.2) is 0 Å². The van der Waals surface area contributed by atoms with E-state index in [0.717, 1.165) is 51.7 Å². The Morgan fingerprint density at radius 3 is 2.56 bits per heavy atom. The highest BCUT2D eigenvalue weighted by molar-refractivity contribution is 5.81. The smallest absolute Gasteiger partial charge is 0.239 e. The molecule has 1 rings (SSSR count). The molecule has 2 N–H and O–H groups in total. The van der Waals surface area contributed by atoms with Crippen molar-refractivity contribution < 1.29 is 9.90 Å². The maximum Gasteiger partial charge on any atom is 0.239 e. The van der Waals surface area contributed by atoms with Crippen molar-refractivity contribution in [2.45, 2.75) is 52.0 Å². The van der Waals surface area contributed by atoms with Gasteiger partial charge in [0.1, 0.15) is 0 Å². The number of rotatable bonds is 8. The summed E-state index contributed by atoms with van der Waals surface area (Å²) in [6, 6.07) is -0.0962. The summed E-state index contributed by atoms with van der Waals surface area (Å²) in [6.07, 6.45) is 5.34. The molecule has 0 aromatic rings. The summed E-state index contributed by atoms with van der Waals surface area (Å²) < 4.78 is 0. The molecule has 0 spiro atoms. The topological polar surface area (TPSA) is 52.6 Å². The third-order valence-electron chi connectivity index (χ3n) is 3.74. The first kappa shape index (κ1) is 15.4.